The highest BCUT2D eigenvalue weighted by Gasteiger charge is 2.17. The zero-order valence-corrected chi connectivity index (χ0v) is 13.7. The van der Waals surface area contributed by atoms with Gasteiger partial charge in [-0.05, 0) is 24.3 Å². The average molecular weight is 336 g/mol. The van der Waals surface area contributed by atoms with Crippen LogP contribution in [0.3, 0.4) is 0 Å². The Morgan fingerprint density at radius 1 is 1.13 bits per heavy atom. The van der Waals surface area contributed by atoms with Crippen LogP contribution < -0.4 is 14.8 Å². The first-order chi connectivity index (χ1) is 10.8. The van der Waals surface area contributed by atoms with Crippen LogP contribution in [0.4, 0.5) is 5.69 Å². The highest BCUT2D eigenvalue weighted by molar-refractivity contribution is 7.90. The predicted octanol–water partition coefficient (Wildman–Crippen LogP) is 1.75. The first-order valence-electron chi connectivity index (χ1n) is 6.54. The number of benzene rings is 1. The second-order valence-corrected chi connectivity index (χ2v) is 6.67. The number of ether oxygens (including phenoxy) is 2. The van der Waals surface area contributed by atoms with E-state index < -0.39 is 15.7 Å². The van der Waals surface area contributed by atoms with Crippen molar-refractivity contribution in [2.24, 2.45) is 0 Å². The van der Waals surface area contributed by atoms with E-state index in [0.717, 1.165) is 6.26 Å². The molecule has 0 aliphatic heterocycles. The number of sulfone groups is 1. The van der Waals surface area contributed by atoms with Crippen LogP contribution in [0.2, 0.25) is 0 Å². The zero-order chi connectivity index (χ0) is 17.0. The maximum absolute atomic E-state index is 12.2. The van der Waals surface area contributed by atoms with Gasteiger partial charge < -0.3 is 14.8 Å². The van der Waals surface area contributed by atoms with Gasteiger partial charge in [0, 0.05) is 17.9 Å². The minimum Gasteiger partial charge on any atom is -0.495 e. The van der Waals surface area contributed by atoms with Gasteiger partial charge in [0.2, 0.25) is 5.88 Å². The van der Waals surface area contributed by atoms with Crippen LogP contribution in [0.25, 0.3) is 0 Å². The third-order valence-electron chi connectivity index (χ3n) is 3.03. The van der Waals surface area contributed by atoms with Crippen LogP contribution in [-0.2, 0) is 9.84 Å². The Bertz CT molecular complexity index is 816. The Balaban J connectivity index is 2.28. The molecular formula is C15H16N2O5S. The van der Waals surface area contributed by atoms with E-state index in [1.54, 1.807) is 12.1 Å². The van der Waals surface area contributed by atoms with E-state index in [-0.39, 0.29) is 16.2 Å². The molecule has 122 valence electrons. The number of nitrogens with one attached hydrogen (secondary N) is 1. The van der Waals surface area contributed by atoms with Crippen LogP contribution in [-0.4, -0.2) is 39.8 Å². The Morgan fingerprint density at radius 2 is 1.87 bits per heavy atom. The van der Waals surface area contributed by atoms with Crippen LogP contribution in [0.15, 0.2) is 41.4 Å². The minimum atomic E-state index is -3.52. The van der Waals surface area contributed by atoms with Crippen molar-refractivity contribution in [3.05, 3.63) is 42.1 Å². The van der Waals surface area contributed by atoms with E-state index in [4.69, 9.17) is 9.47 Å². The summed E-state index contributed by atoms with van der Waals surface area (Å²) in [6.07, 6.45) is 2.50. The number of amides is 1. The van der Waals surface area contributed by atoms with E-state index in [1.807, 2.05) is 0 Å². The van der Waals surface area contributed by atoms with Gasteiger partial charge in [-0.15, -0.1) is 0 Å². The summed E-state index contributed by atoms with van der Waals surface area (Å²) in [6.45, 7) is 0. The van der Waals surface area contributed by atoms with Gasteiger partial charge in [-0.25, -0.2) is 13.4 Å². The van der Waals surface area contributed by atoms with E-state index in [2.05, 4.69) is 10.3 Å². The van der Waals surface area contributed by atoms with Gasteiger partial charge in [-0.3, -0.25) is 4.79 Å². The molecule has 1 N–H and O–H groups in total. The highest BCUT2D eigenvalue weighted by atomic mass is 32.2. The molecule has 0 saturated heterocycles. The van der Waals surface area contributed by atoms with Crippen molar-refractivity contribution in [3.8, 4) is 11.6 Å². The van der Waals surface area contributed by atoms with Gasteiger partial charge in [0.1, 0.15) is 10.6 Å². The standard InChI is InChI=1S/C15H16N2O5S/c1-21-12-6-4-10(8-13(12)23(3,19)20)15(18)17-11-5-7-14(22-2)16-9-11/h4-9H,1-3H3,(H,17,18). The normalized spacial score (nSPS) is 10.9. The van der Waals surface area contributed by atoms with Crippen molar-refractivity contribution < 1.29 is 22.7 Å². The second-order valence-electron chi connectivity index (χ2n) is 4.68. The quantitative estimate of drug-likeness (QED) is 0.894. The average Bonchev–Trinajstić information content (AvgIpc) is 2.54. The van der Waals surface area contributed by atoms with Crippen LogP contribution in [0.5, 0.6) is 11.6 Å². The summed E-state index contributed by atoms with van der Waals surface area (Å²) in [5, 5.41) is 2.63. The number of carbonyl (C=O) groups is 1. The molecule has 0 spiro atoms. The lowest BCUT2D eigenvalue weighted by Crippen LogP contribution is -2.13. The molecule has 1 aromatic heterocycles. The minimum absolute atomic E-state index is 0.0412. The van der Waals surface area contributed by atoms with Gasteiger partial charge in [0.25, 0.3) is 5.91 Å². The molecule has 0 atom stereocenters. The molecule has 2 rings (SSSR count). The van der Waals surface area contributed by atoms with Gasteiger partial charge in [-0.1, -0.05) is 0 Å². The molecule has 0 aliphatic carbocycles. The Labute approximate surface area is 134 Å². The summed E-state index contributed by atoms with van der Waals surface area (Å²) in [7, 11) is -0.659. The largest absolute Gasteiger partial charge is 0.495 e. The van der Waals surface area contributed by atoms with E-state index >= 15 is 0 Å². The lowest BCUT2D eigenvalue weighted by Gasteiger charge is -2.10. The summed E-state index contributed by atoms with van der Waals surface area (Å²) in [5.41, 5.74) is 0.662. The Hall–Kier alpha value is -2.61. The highest BCUT2D eigenvalue weighted by Crippen LogP contribution is 2.25. The van der Waals surface area contributed by atoms with Crippen LogP contribution >= 0.6 is 0 Å². The molecule has 1 amide bonds. The lowest BCUT2D eigenvalue weighted by molar-refractivity contribution is 0.102. The summed E-state index contributed by atoms with van der Waals surface area (Å²) in [6, 6.07) is 7.44. The number of pyridine rings is 1. The molecule has 0 radical (unpaired) electrons. The van der Waals surface area contributed by atoms with Gasteiger partial charge in [-0.2, -0.15) is 0 Å². The van der Waals surface area contributed by atoms with Gasteiger partial charge >= 0.3 is 0 Å². The SMILES string of the molecule is COc1ccc(NC(=O)c2ccc(OC)c(S(C)(=O)=O)c2)cn1. The van der Waals surface area contributed by atoms with Crippen molar-refractivity contribution in [1.29, 1.82) is 0 Å². The number of nitrogens with zero attached hydrogens (tertiary/aromatic N) is 1. The van der Waals surface area contributed by atoms with Crippen molar-refractivity contribution in [3.63, 3.8) is 0 Å². The lowest BCUT2D eigenvalue weighted by atomic mass is 10.2. The zero-order valence-electron chi connectivity index (χ0n) is 12.9. The first-order valence-corrected chi connectivity index (χ1v) is 8.44. The summed E-state index contributed by atoms with van der Waals surface area (Å²) in [5.74, 6) is 0.159. The number of methoxy groups -OCH3 is 2. The van der Waals surface area contributed by atoms with Crippen molar-refractivity contribution >= 4 is 21.4 Å². The van der Waals surface area contributed by atoms with Crippen LogP contribution in [0.1, 0.15) is 10.4 Å². The van der Waals surface area contributed by atoms with E-state index in [9.17, 15) is 13.2 Å². The number of anilines is 1. The maximum atomic E-state index is 12.2. The molecule has 0 bridgehead atoms. The first kappa shape index (κ1) is 16.8. The number of rotatable bonds is 5. The second kappa shape index (κ2) is 6.66. The summed E-state index contributed by atoms with van der Waals surface area (Å²) >= 11 is 0. The smallest absolute Gasteiger partial charge is 0.255 e. The Kier molecular flexibility index (Phi) is 4.85. The monoisotopic (exact) mass is 336 g/mol. The summed E-state index contributed by atoms with van der Waals surface area (Å²) < 4.78 is 33.5. The fraction of sp³-hybridized carbons (Fsp3) is 0.200. The molecule has 2 aromatic rings. The summed E-state index contributed by atoms with van der Waals surface area (Å²) in [4.78, 5) is 16.2. The molecule has 0 fully saturated rings. The number of hydrogen-bond acceptors (Lipinski definition) is 6. The van der Waals surface area contributed by atoms with Crippen molar-refractivity contribution in [2.75, 3.05) is 25.8 Å². The fourth-order valence-electron chi connectivity index (χ4n) is 1.89. The number of hydrogen-bond donors (Lipinski definition) is 1. The molecule has 7 nitrogen and oxygen atoms in total. The maximum Gasteiger partial charge on any atom is 0.255 e. The van der Waals surface area contributed by atoms with E-state index in [1.165, 1.54) is 38.6 Å². The van der Waals surface area contributed by atoms with Gasteiger partial charge in [0.15, 0.2) is 9.84 Å². The molecule has 1 heterocycles. The number of carbonyl (C=O) groups excluding carboxylic acids is 1. The molecule has 8 heteroatoms. The van der Waals surface area contributed by atoms with Crippen molar-refractivity contribution in [1.82, 2.24) is 4.98 Å². The number of aromatic nitrogens is 1. The van der Waals surface area contributed by atoms with Crippen LogP contribution in [0, 0.1) is 0 Å². The third-order valence-corrected chi connectivity index (χ3v) is 4.15. The topological polar surface area (TPSA) is 94.6 Å². The third kappa shape index (κ3) is 3.98. The Morgan fingerprint density at radius 3 is 2.39 bits per heavy atom. The molecule has 0 aliphatic rings. The molecule has 0 saturated carbocycles. The molecule has 23 heavy (non-hydrogen) atoms. The van der Waals surface area contributed by atoms with Gasteiger partial charge in [0.05, 0.1) is 26.1 Å². The van der Waals surface area contributed by atoms with E-state index in [0.29, 0.717) is 11.6 Å². The van der Waals surface area contributed by atoms with Crippen molar-refractivity contribution in [2.45, 2.75) is 4.90 Å². The molecule has 1 aromatic carbocycles. The molecular weight excluding hydrogens is 320 g/mol. The molecule has 0 unspecified atom stereocenters. The predicted molar refractivity (Wildman–Crippen MR) is 84.8 cm³/mol. The fourth-order valence-corrected chi connectivity index (χ4v) is 2.74.